The average Bonchev–Trinajstić information content (AvgIpc) is 3.26. The van der Waals surface area contributed by atoms with Crippen molar-refractivity contribution in [2.24, 2.45) is 17.8 Å². The van der Waals surface area contributed by atoms with E-state index < -0.39 is 69.7 Å². The van der Waals surface area contributed by atoms with Crippen molar-refractivity contribution in [1.82, 2.24) is 9.80 Å². The summed E-state index contributed by atoms with van der Waals surface area (Å²) >= 11 is 0. The SMILES string of the molecule is COc1ccc(COCCCCN2C(=O)C3C[C@@H](CO[Si](C)(C)C(C)(C)C)[C@H]4N(C(=O)OC(C)(C)C)CC[C@H]3[C@]42[C@@H](OC(C)=O)[C@@H](C#C[Si](C)(C)C)OC(C)=O)cc1. The van der Waals surface area contributed by atoms with Crippen LogP contribution in [0.1, 0.15) is 86.6 Å². The molecule has 14 heteroatoms. The smallest absolute Gasteiger partial charge is 0.410 e. The van der Waals surface area contributed by atoms with Crippen LogP contribution >= 0.6 is 0 Å². The highest BCUT2D eigenvalue weighted by Gasteiger charge is 2.75. The van der Waals surface area contributed by atoms with Crippen molar-refractivity contribution in [2.45, 2.75) is 155 Å². The number of piperidine rings is 1. The highest BCUT2D eigenvalue weighted by molar-refractivity contribution is 6.83. The van der Waals surface area contributed by atoms with Crippen LogP contribution in [-0.2, 0) is 44.4 Å². The molecule has 0 spiro atoms. The fraction of sp³-hybridized carbons (Fsp3) is 0.727. The van der Waals surface area contributed by atoms with E-state index in [0.717, 1.165) is 11.3 Å². The van der Waals surface area contributed by atoms with E-state index in [1.807, 2.05) is 49.9 Å². The van der Waals surface area contributed by atoms with Gasteiger partial charge in [0.15, 0.2) is 14.4 Å². The lowest BCUT2D eigenvalue weighted by Gasteiger charge is -2.61. The van der Waals surface area contributed by atoms with E-state index in [4.69, 9.17) is 28.1 Å². The Labute approximate surface area is 349 Å². The molecule has 7 atom stereocenters. The van der Waals surface area contributed by atoms with Gasteiger partial charge in [0.2, 0.25) is 12.0 Å². The van der Waals surface area contributed by atoms with Crippen molar-refractivity contribution < 1.29 is 47.3 Å². The number of hydrogen-bond donors (Lipinski definition) is 0. The number of hydrogen-bond acceptors (Lipinski definition) is 10. The van der Waals surface area contributed by atoms with Crippen LogP contribution in [-0.4, -0.2) is 113 Å². The molecule has 2 amide bonds. The minimum atomic E-state index is -2.32. The number of ether oxygens (including phenoxy) is 5. The Hall–Kier alpha value is -3.39. The molecule has 0 aromatic heterocycles. The highest BCUT2D eigenvalue weighted by Crippen LogP contribution is 2.60. The molecular formula is C44H70N2O10Si2. The Morgan fingerprint density at radius 2 is 1.59 bits per heavy atom. The molecule has 12 nitrogen and oxygen atoms in total. The molecule has 1 aromatic carbocycles. The maximum absolute atomic E-state index is 15.1. The molecule has 2 heterocycles. The molecule has 58 heavy (non-hydrogen) atoms. The van der Waals surface area contributed by atoms with Crippen LogP contribution in [0.15, 0.2) is 24.3 Å². The van der Waals surface area contributed by atoms with E-state index in [-0.39, 0.29) is 29.4 Å². The molecule has 1 unspecified atom stereocenters. The van der Waals surface area contributed by atoms with Gasteiger partial charge in [0.05, 0.1) is 19.8 Å². The van der Waals surface area contributed by atoms with Crippen molar-refractivity contribution in [1.29, 1.82) is 0 Å². The number of esters is 2. The first-order chi connectivity index (χ1) is 26.8. The van der Waals surface area contributed by atoms with Gasteiger partial charge in [-0.2, -0.15) is 0 Å². The van der Waals surface area contributed by atoms with Crippen LogP contribution < -0.4 is 4.74 Å². The van der Waals surface area contributed by atoms with Gasteiger partial charge in [0, 0.05) is 57.9 Å². The van der Waals surface area contributed by atoms with E-state index in [0.29, 0.717) is 52.0 Å². The van der Waals surface area contributed by atoms with Gasteiger partial charge in [0.1, 0.15) is 25.0 Å². The van der Waals surface area contributed by atoms with Crippen LogP contribution in [0, 0.1) is 29.2 Å². The fourth-order valence-electron chi connectivity index (χ4n) is 8.57. The van der Waals surface area contributed by atoms with E-state index in [1.54, 1.807) is 12.0 Å². The van der Waals surface area contributed by atoms with Gasteiger partial charge in [-0.3, -0.25) is 14.4 Å². The van der Waals surface area contributed by atoms with E-state index >= 15 is 4.79 Å². The number of likely N-dealkylation sites (tertiary alicyclic amines) is 2. The molecular weight excluding hydrogens is 773 g/mol. The largest absolute Gasteiger partial charge is 0.497 e. The van der Waals surface area contributed by atoms with E-state index in [9.17, 15) is 14.4 Å². The Bertz CT molecular complexity index is 1690. The van der Waals surface area contributed by atoms with Crippen LogP contribution in [0.25, 0.3) is 0 Å². The average molecular weight is 843 g/mol. The fourth-order valence-corrected chi connectivity index (χ4v) is 10.2. The lowest BCUT2D eigenvalue weighted by Crippen LogP contribution is -2.78. The molecule has 1 aromatic rings. The number of carbonyl (C=O) groups excluding carboxylic acids is 4. The van der Waals surface area contributed by atoms with Gasteiger partial charge in [-0.05, 0) is 82.3 Å². The van der Waals surface area contributed by atoms with Gasteiger partial charge >= 0.3 is 18.0 Å². The maximum atomic E-state index is 15.1. The van der Waals surface area contributed by atoms with Gasteiger partial charge in [-0.15, -0.1) is 5.54 Å². The number of rotatable bonds is 15. The Morgan fingerprint density at radius 1 is 0.948 bits per heavy atom. The highest BCUT2D eigenvalue weighted by atomic mass is 28.4. The molecule has 4 rings (SSSR count). The molecule has 0 N–H and O–H groups in total. The van der Waals surface area contributed by atoms with Crippen LogP contribution in [0.3, 0.4) is 0 Å². The quantitative estimate of drug-likeness (QED) is 0.0573. The summed E-state index contributed by atoms with van der Waals surface area (Å²) in [7, 11) is -2.76. The van der Waals surface area contributed by atoms with Crippen LogP contribution in [0.4, 0.5) is 4.79 Å². The molecule has 4 bridgehead atoms. The van der Waals surface area contributed by atoms with Crippen molar-refractivity contribution in [3.05, 3.63) is 29.8 Å². The summed E-state index contributed by atoms with van der Waals surface area (Å²) in [6, 6.07) is 7.01. The lowest BCUT2D eigenvalue weighted by molar-refractivity contribution is -0.199. The third kappa shape index (κ3) is 11.1. The molecule has 324 valence electrons. The number of methoxy groups -OCH3 is 1. The summed E-state index contributed by atoms with van der Waals surface area (Å²) in [5.74, 6) is 1.65. The summed E-state index contributed by atoms with van der Waals surface area (Å²) in [4.78, 5) is 59.5. The van der Waals surface area contributed by atoms with Crippen molar-refractivity contribution in [2.75, 3.05) is 33.4 Å². The molecule has 2 aliphatic heterocycles. The van der Waals surface area contributed by atoms with E-state index in [1.165, 1.54) is 13.8 Å². The van der Waals surface area contributed by atoms with Gasteiger partial charge < -0.3 is 37.9 Å². The van der Waals surface area contributed by atoms with Crippen LogP contribution in [0.5, 0.6) is 5.75 Å². The third-order valence-corrected chi connectivity index (χ3v) is 17.4. The van der Waals surface area contributed by atoms with Gasteiger partial charge in [0.25, 0.3) is 0 Å². The molecule has 0 radical (unpaired) electrons. The first-order valence-corrected chi connectivity index (χ1v) is 27.3. The zero-order chi connectivity index (χ0) is 43.4. The molecule has 2 saturated heterocycles. The van der Waals surface area contributed by atoms with Gasteiger partial charge in [-0.25, -0.2) is 4.79 Å². The minimum absolute atomic E-state index is 0.0631. The maximum Gasteiger partial charge on any atom is 0.410 e. The van der Waals surface area contributed by atoms with Gasteiger partial charge in [-0.1, -0.05) is 58.5 Å². The first kappa shape index (κ1) is 47.3. The Balaban J connectivity index is 1.87. The third-order valence-electron chi connectivity index (χ3n) is 12.0. The number of benzene rings is 1. The zero-order valence-electron chi connectivity index (χ0n) is 37.6. The molecule has 3 fully saturated rings. The topological polar surface area (TPSA) is 130 Å². The predicted molar refractivity (Wildman–Crippen MR) is 228 cm³/mol. The lowest BCUT2D eigenvalue weighted by atomic mass is 9.57. The van der Waals surface area contributed by atoms with Crippen molar-refractivity contribution >= 4 is 40.3 Å². The number of carbonyl (C=O) groups is 4. The van der Waals surface area contributed by atoms with Crippen molar-refractivity contribution in [3.63, 3.8) is 0 Å². The Kier molecular flexibility index (Phi) is 15.1. The zero-order valence-corrected chi connectivity index (χ0v) is 39.6. The number of nitrogens with zero attached hydrogens (tertiary/aromatic N) is 2. The second-order valence-electron chi connectivity index (χ2n) is 19.8. The monoisotopic (exact) mass is 842 g/mol. The van der Waals surface area contributed by atoms with Crippen LogP contribution in [0.2, 0.25) is 37.8 Å². The number of unbranched alkanes of at least 4 members (excludes halogenated alkanes) is 1. The van der Waals surface area contributed by atoms with Crippen molar-refractivity contribution in [3.8, 4) is 17.2 Å². The normalized spacial score (nSPS) is 24.3. The second kappa shape index (κ2) is 18.5. The number of amides is 2. The standard InChI is InChI=1S/C44H70N2O10Si2/c1-30(47)54-37(22-26-57(10,11)12)39(55-31(2)48)44-36-21-24-45(41(50)56-42(3,4)5)38(44)33(29-53-58(13,14)43(6,7)8)27-35(36)40(49)46(44)23-15-16-25-52-28-32-17-19-34(51-9)20-18-32/h17-20,33,35-39H,15-16,21,23-25,27-29H2,1-14H3/t33-,35?,36+,37+,38+,39-,44+/m0/s1. The minimum Gasteiger partial charge on any atom is -0.497 e. The summed E-state index contributed by atoms with van der Waals surface area (Å²) in [6.45, 7) is 27.1. The Morgan fingerprint density at radius 3 is 2.14 bits per heavy atom. The second-order valence-corrected chi connectivity index (χ2v) is 29.3. The summed E-state index contributed by atoms with van der Waals surface area (Å²) in [5, 5.41) is -0.0945. The first-order valence-electron chi connectivity index (χ1n) is 20.8. The molecule has 1 aliphatic carbocycles. The summed E-state index contributed by atoms with van der Waals surface area (Å²) in [5.41, 5.74) is 2.25. The summed E-state index contributed by atoms with van der Waals surface area (Å²) in [6.07, 6.45) is -0.786. The molecule has 3 aliphatic rings. The molecule has 1 saturated carbocycles. The predicted octanol–water partition coefficient (Wildman–Crippen LogP) is 7.60. The summed E-state index contributed by atoms with van der Waals surface area (Å²) < 4.78 is 36.8. The van der Waals surface area contributed by atoms with E-state index in [2.05, 4.69) is 65.0 Å².